The van der Waals surface area contributed by atoms with Crippen LogP contribution in [0.2, 0.25) is 0 Å². The number of nitrogens with zero attached hydrogens (tertiary/aromatic N) is 3. The molecule has 178 valence electrons. The van der Waals surface area contributed by atoms with Gasteiger partial charge in [0.15, 0.2) is 5.82 Å². The molecule has 0 aliphatic carbocycles. The quantitative estimate of drug-likeness (QED) is 0.519. The maximum Gasteiger partial charge on any atom is 0.416 e. The molecule has 0 saturated carbocycles. The molecule has 34 heavy (non-hydrogen) atoms. The van der Waals surface area contributed by atoms with Crippen molar-refractivity contribution in [1.29, 1.82) is 0 Å². The lowest BCUT2D eigenvalue weighted by molar-refractivity contribution is 0.114. The van der Waals surface area contributed by atoms with E-state index in [9.17, 15) is 17.6 Å². The van der Waals surface area contributed by atoms with Gasteiger partial charge in [0.1, 0.15) is 17.3 Å². The van der Waals surface area contributed by atoms with Gasteiger partial charge in [0.25, 0.3) is 10.2 Å². The Morgan fingerprint density at radius 1 is 1.21 bits per heavy atom. The molecule has 1 aliphatic rings. The van der Waals surface area contributed by atoms with E-state index in [4.69, 9.17) is 9.47 Å². The van der Waals surface area contributed by atoms with E-state index >= 15 is 4.39 Å². The molecule has 0 fully saturated rings. The van der Waals surface area contributed by atoms with Crippen LogP contribution in [-0.4, -0.2) is 36.7 Å². The highest BCUT2D eigenvalue weighted by Crippen LogP contribution is 2.40. The highest BCUT2D eigenvalue weighted by molar-refractivity contribution is 7.90. The van der Waals surface area contributed by atoms with Crippen LogP contribution in [0.1, 0.15) is 24.1 Å². The molecule has 4 rings (SSSR count). The Bertz CT molecular complexity index is 1340. The maximum atomic E-state index is 15.0. The Balaban J connectivity index is 1.60. The second-order valence-electron chi connectivity index (χ2n) is 7.24. The number of halogens is 2. The molecular weight excluding hydrogens is 472 g/mol. The van der Waals surface area contributed by atoms with Crippen LogP contribution < -0.4 is 18.9 Å². The van der Waals surface area contributed by atoms with Crippen molar-refractivity contribution in [2.75, 3.05) is 11.8 Å². The first-order valence-corrected chi connectivity index (χ1v) is 11.4. The topological polar surface area (TPSA) is 123 Å². The Kier molecular flexibility index (Phi) is 6.30. The lowest BCUT2D eigenvalue weighted by Crippen LogP contribution is -2.40. The van der Waals surface area contributed by atoms with Crippen molar-refractivity contribution in [3.8, 4) is 17.4 Å². The monoisotopic (exact) mass is 491 g/mol. The smallest absolute Gasteiger partial charge is 0.416 e. The third-order valence-electron chi connectivity index (χ3n) is 5.08. The third kappa shape index (κ3) is 4.75. The number of benzene rings is 2. The summed E-state index contributed by atoms with van der Waals surface area (Å²) in [5, 5.41) is 7.42. The second kappa shape index (κ2) is 9.19. The van der Waals surface area contributed by atoms with Crippen molar-refractivity contribution in [3.63, 3.8) is 0 Å². The molecule has 3 aromatic rings. The zero-order valence-electron chi connectivity index (χ0n) is 18.0. The first kappa shape index (κ1) is 23.3. The van der Waals surface area contributed by atoms with Gasteiger partial charge in [0.05, 0.1) is 23.8 Å². The van der Waals surface area contributed by atoms with Crippen LogP contribution in [0.15, 0.2) is 48.7 Å². The van der Waals surface area contributed by atoms with Crippen LogP contribution in [0.5, 0.6) is 17.4 Å². The van der Waals surface area contributed by atoms with Gasteiger partial charge in [-0.15, -0.1) is 5.10 Å². The first-order valence-electron chi connectivity index (χ1n) is 9.94. The van der Waals surface area contributed by atoms with Gasteiger partial charge in [0.2, 0.25) is 5.88 Å². The summed E-state index contributed by atoms with van der Waals surface area (Å²) in [6.45, 7) is 1.27. The fourth-order valence-electron chi connectivity index (χ4n) is 3.41. The van der Waals surface area contributed by atoms with Gasteiger partial charge >= 0.3 is 6.09 Å². The minimum Gasteiger partial charge on any atom is -0.437 e. The molecule has 1 atom stereocenters. The van der Waals surface area contributed by atoms with E-state index in [0.717, 1.165) is 11.0 Å². The van der Waals surface area contributed by atoms with Crippen LogP contribution in [0, 0.1) is 11.6 Å². The van der Waals surface area contributed by atoms with Crippen LogP contribution >= 0.6 is 0 Å². The van der Waals surface area contributed by atoms with Crippen molar-refractivity contribution in [3.05, 3.63) is 71.4 Å². The van der Waals surface area contributed by atoms with Gasteiger partial charge in [0, 0.05) is 37.0 Å². The van der Waals surface area contributed by atoms with Crippen molar-refractivity contribution >= 4 is 22.0 Å². The molecule has 2 N–H and O–H groups in total. The lowest BCUT2D eigenvalue weighted by atomic mass is 10.0. The number of carbonyl (C=O) groups excluding carboxylic acids is 1. The Hall–Kier alpha value is -3.84. The van der Waals surface area contributed by atoms with E-state index in [-0.39, 0.29) is 40.7 Å². The number of aromatic nitrogens is 2. The predicted molar refractivity (Wildman–Crippen MR) is 116 cm³/mol. The molecule has 1 amide bonds. The van der Waals surface area contributed by atoms with Gasteiger partial charge in [-0.3, -0.25) is 9.62 Å². The molecule has 0 spiro atoms. The minimum absolute atomic E-state index is 0.00608. The van der Waals surface area contributed by atoms with Crippen LogP contribution in [0.3, 0.4) is 0 Å². The Labute approximate surface area is 193 Å². The molecule has 0 radical (unpaired) electrons. The minimum atomic E-state index is -3.95. The number of fused-ring (bicyclic) bond motifs is 1. The molecule has 1 aliphatic heterocycles. The fraction of sp³-hybridized carbons (Fsp3) is 0.190. The average Bonchev–Trinajstić information content (AvgIpc) is 2.79. The summed E-state index contributed by atoms with van der Waals surface area (Å²) in [5.41, 5.74) is -0.215. The van der Waals surface area contributed by atoms with Gasteiger partial charge in [-0.05, 0) is 19.1 Å². The first-order chi connectivity index (χ1) is 16.2. The van der Waals surface area contributed by atoms with Crippen LogP contribution in [0.25, 0.3) is 0 Å². The van der Waals surface area contributed by atoms with E-state index in [2.05, 4.69) is 14.9 Å². The number of rotatable bonds is 7. The van der Waals surface area contributed by atoms with Gasteiger partial charge in [-0.2, -0.15) is 13.5 Å². The molecule has 0 unspecified atom stereocenters. The van der Waals surface area contributed by atoms with Crippen LogP contribution in [-0.2, 0) is 16.8 Å². The summed E-state index contributed by atoms with van der Waals surface area (Å²) >= 11 is 0. The van der Waals surface area contributed by atoms with Crippen molar-refractivity contribution in [2.24, 2.45) is 0 Å². The summed E-state index contributed by atoms with van der Waals surface area (Å²) in [6.07, 6.45) is 0.615. The Morgan fingerprint density at radius 2 is 2.00 bits per heavy atom. The average molecular weight is 491 g/mol. The maximum absolute atomic E-state index is 15.0. The summed E-state index contributed by atoms with van der Waals surface area (Å²) in [4.78, 5) is 13.8. The highest BCUT2D eigenvalue weighted by atomic mass is 32.2. The molecule has 2 aromatic carbocycles. The molecule has 13 heteroatoms. The zero-order valence-corrected chi connectivity index (χ0v) is 18.8. The summed E-state index contributed by atoms with van der Waals surface area (Å²) in [6, 6.07) is 8.82. The number of hydrogen-bond donors (Lipinski definition) is 2. The number of anilines is 1. The van der Waals surface area contributed by atoms with Crippen molar-refractivity contribution in [2.45, 2.75) is 19.5 Å². The molecular formula is C21H19F2N5O5S. The number of hydrogen-bond acceptors (Lipinski definition) is 7. The van der Waals surface area contributed by atoms with Crippen LogP contribution in [0.4, 0.5) is 19.3 Å². The predicted octanol–water partition coefficient (Wildman–Crippen LogP) is 3.50. The largest absolute Gasteiger partial charge is 0.437 e. The number of nitrogens with one attached hydrogen (secondary N) is 2. The van der Waals surface area contributed by atoms with Gasteiger partial charge < -0.3 is 9.47 Å². The highest BCUT2D eigenvalue weighted by Gasteiger charge is 2.35. The molecule has 0 bridgehead atoms. The Morgan fingerprint density at radius 3 is 2.71 bits per heavy atom. The molecule has 10 nitrogen and oxygen atoms in total. The fourth-order valence-corrected chi connectivity index (χ4v) is 3.96. The normalized spacial score (nSPS) is 15.5. The summed E-state index contributed by atoms with van der Waals surface area (Å²) in [7, 11) is -2.78. The molecule has 2 heterocycles. The second-order valence-corrected chi connectivity index (χ2v) is 8.86. The van der Waals surface area contributed by atoms with Crippen molar-refractivity contribution in [1.82, 2.24) is 19.8 Å². The van der Waals surface area contributed by atoms with E-state index in [1.165, 1.54) is 43.6 Å². The SMILES string of the molecule is CNS(=O)(=O)Nc1cccc(CN2C(=O)Oc3cc(Oc4cccnn4)cc(F)c3[C@@H]2C)c1F. The van der Waals surface area contributed by atoms with E-state index in [1.54, 1.807) is 13.0 Å². The lowest BCUT2D eigenvalue weighted by Gasteiger charge is -2.34. The van der Waals surface area contributed by atoms with E-state index in [1.807, 2.05) is 4.72 Å². The number of ether oxygens (including phenoxy) is 2. The molecule has 0 saturated heterocycles. The van der Waals surface area contributed by atoms with Crippen molar-refractivity contribution < 1.29 is 31.5 Å². The molecule has 1 aromatic heterocycles. The number of amides is 1. The summed E-state index contributed by atoms with van der Waals surface area (Å²) in [5.74, 6) is -1.43. The number of carbonyl (C=O) groups is 1. The van der Waals surface area contributed by atoms with E-state index in [0.29, 0.717) is 0 Å². The van der Waals surface area contributed by atoms with E-state index < -0.39 is 34.0 Å². The van der Waals surface area contributed by atoms with Gasteiger partial charge in [-0.1, -0.05) is 12.1 Å². The van der Waals surface area contributed by atoms with Gasteiger partial charge in [-0.25, -0.2) is 18.3 Å². The third-order valence-corrected chi connectivity index (χ3v) is 6.11. The summed E-state index contributed by atoms with van der Waals surface area (Å²) < 4.78 is 68.2. The zero-order chi connectivity index (χ0) is 24.5. The standard InChI is InChI=1S/C21H19F2N5O5S/c1-12-19-15(22)9-14(32-18-7-4-8-25-26-18)10-17(19)33-21(29)28(12)11-13-5-3-6-16(20(13)23)27-34(30,31)24-2/h3-10,12,24,27H,11H2,1-2H3/t12-/m0/s1.